The number of carbonyl (C=O) groups excluding carboxylic acids is 1. The molecule has 1 amide bonds. The summed E-state index contributed by atoms with van der Waals surface area (Å²) >= 11 is 5.06. The third-order valence-corrected chi connectivity index (χ3v) is 4.76. The van der Waals surface area contributed by atoms with Gasteiger partial charge in [-0.3, -0.25) is 4.79 Å². The summed E-state index contributed by atoms with van der Waals surface area (Å²) in [6.07, 6.45) is 0.645. The van der Waals surface area contributed by atoms with Crippen molar-refractivity contribution in [2.24, 2.45) is 5.92 Å². The van der Waals surface area contributed by atoms with Crippen molar-refractivity contribution < 1.29 is 4.79 Å². The Morgan fingerprint density at radius 3 is 3.18 bits per heavy atom. The fraction of sp³-hybridized carbons (Fsp3) is 0.333. The molecule has 88 valence electrons. The first-order valence-corrected chi connectivity index (χ1v) is 7.47. The summed E-state index contributed by atoms with van der Waals surface area (Å²) in [6.45, 7) is 0.814. The Labute approximate surface area is 112 Å². The highest BCUT2D eigenvalue weighted by molar-refractivity contribution is 9.09. The molecule has 3 nitrogen and oxygen atoms in total. The molecule has 2 heterocycles. The Balaban J connectivity index is 1.95. The highest BCUT2D eigenvalue weighted by Gasteiger charge is 2.29. The SMILES string of the molecule is O=C1CC(CBr)CN1c1ccc2ncsc2c1. The number of fused-ring (bicyclic) bond motifs is 1. The fourth-order valence-electron chi connectivity index (χ4n) is 2.15. The van der Waals surface area contributed by atoms with Crippen LogP contribution in [0.4, 0.5) is 5.69 Å². The Morgan fingerprint density at radius 1 is 1.53 bits per heavy atom. The van der Waals surface area contributed by atoms with E-state index in [1.807, 2.05) is 22.5 Å². The summed E-state index contributed by atoms with van der Waals surface area (Å²) in [7, 11) is 0. The second kappa shape index (κ2) is 4.38. The molecular weight excluding hydrogens is 300 g/mol. The molecule has 1 fully saturated rings. The molecule has 0 radical (unpaired) electrons. The van der Waals surface area contributed by atoms with Crippen molar-refractivity contribution in [3.8, 4) is 0 Å². The molecule has 3 rings (SSSR count). The number of hydrogen-bond donors (Lipinski definition) is 0. The largest absolute Gasteiger partial charge is 0.312 e. The number of rotatable bonds is 2. The summed E-state index contributed by atoms with van der Waals surface area (Å²) < 4.78 is 1.14. The van der Waals surface area contributed by atoms with Crippen molar-refractivity contribution in [3.05, 3.63) is 23.7 Å². The van der Waals surface area contributed by atoms with Gasteiger partial charge in [0.05, 0.1) is 15.7 Å². The maximum Gasteiger partial charge on any atom is 0.227 e. The van der Waals surface area contributed by atoms with Crippen LogP contribution in [0.2, 0.25) is 0 Å². The Morgan fingerprint density at radius 2 is 2.41 bits per heavy atom. The average Bonchev–Trinajstić information content (AvgIpc) is 2.93. The number of carbonyl (C=O) groups is 1. The molecule has 0 spiro atoms. The van der Waals surface area contributed by atoms with E-state index in [0.29, 0.717) is 12.3 Å². The standard InChI is InChI=1S/C12H11BrN2OS/c13-5-8-3-12(16)15(6-8)9-1-2-10-11(4-9)17-7-14-10/h1-2,4,7-8H,3,5-6H2. The van der Waals surface area contributed by atoms with Crippen molar-refractivity contribution in [1.82, 2.24) is 4.98 Å². The van der Waals surface area contributed by atoms with Crippen LogP contribution < -0.4 is 4.90 Å². The van der Waals surface area contributed by atoms with E-state index in [4.69, 9.17) is 0 Å². The summed E-state index contributed by atoms with van der Waals surface area (Å²) in [5.74, 6) is 0.651. The van der Waals surface area contributed by atoms with Gasteiger partial charge in [-0.15, -0.1) is 11.3 Å². The molecule has 1 saturated heterocycles. The smallest absolute Gasteiger partial charge is 0.227 e. The van der Waals surface area contributed by atoms with Crippen LogP contribution >= 0.6 is 27.3 Å². The third kappa shape index (κ3) is 1.98. The Bertz CT molecular complexity index is 568. The van der Waals surface area contributed by atoms with Crippen LogP contribution in [-0.2, 0) is 4.79 Å². The molecule has 0 N–H and O–H groups in total. The van der Waals surface area contributed by atoms with E-state index in [0.717, 1.165) is 27.8 Å². The molecule has 1 aliphatic rings. The van der Waals surface area contributed by atoms with Gasteiger partial charge in [0.2, 0.25) is 5.91 Å². The van der Waals surface area contributed by atoms with Gasteiger partial charge >= 0.3 is 0 Å². The van der Waals surface area contributed by atoms with Crippen LogP contribution in [0.5, 0.6) is 0 Å². The van der Waals surface area contributed by atoms with Crippen LogP contribution in [0.25, 0.3) is 10.2 Å². The van der Waals surface area contributed by atoms with Gasteiger partial charge in [-0.25, -0.2) is 4.98 Å². The first-order valence-electron chi connectivity index (χ1n) is 5.47. The lowest BCUT2D eigenvalue weighted by atomic mass is 10.2. The number of alkyl halides is 1. The number of hydrogen-bond acceptors (Lipinski definition) is 3. The van der Waals surface area contributed by atoms with Crippen LogP contribution in [0.1, 0.15) is 6.42 Å². The van der Waals surface area contributed by atoms with E-state index < -0.39 is 0 Å². The number of aromatic nitrogens is 1. The molecule has 17 heavy (non-hydrogen) atoms. The highest BCUT2D eigenvalue weighted by atomic mass is 79.9. The molecule has 1 aromatic carbocycles. The van der Waals surface area contributed by atoms with Crippen LogP contribution in [0.15, 0.2) is 23.7 Å². The second-order valence-electron chi connectivity index (χ2n) is 4.23. The zero-order chi connectivity index (χ0) is 11.8. The Kier molecular flexibility index (Phi) is 2.88. The number of benzene rings is 1. The zero-order valence-electron chi connectivity index (χ0n) is 9.10. The predicted molar refractivity (Wildman–Crippen MR) is 73.9 cm³/mol. The molecule has 1 aromatic heterocycles. The fourth-order valence-corrected chi connectivity index (χ4v) is 3.29. The molecule has 5 heteroatoms. The Hall–Kier alpha value is -0.940. The third-order valence-electron chi connectivity index (χ3n) is 3.05. The quantitative estimate of drug-likeness (QED) is 0.799. The second-order valence-corrected chi connectivity index (χ2v) is 5.77. The first kappa shape index (κ1) is 11.2. The van der Waals surface area contributed by atoms with Gasteiger partial charge in [0, 0.05) is 24.0 Å². The zero-order valence-corrected chi connectivity index (χ0v) is 11.5. The highest BCUT2D eigenvalue weighted by Crippen LogP contribution is 2.29. The van der Waals surface area contributed by atoms with Gasteiger partial charge < -0.3 is 4.90 Å². The molecule has 0 aliphatic carbocycles. The lowest BCUT2D eigenvalue weighted by molar-refractivity contribution is -0.117. The van der Waals surface area contributed by atoms with Crippen molar-refractivity contribution in [2.45, 2.75) is 6.42 Å². The van der Waals surface area contributed by atoms with Gasteiger partial charge in [-0.05, 0) is 24.1 Å². The van der Waals surface area contributed by atoms with Crippen molar-refractivity contribution in [1.29, 1.82) is 0 Å². The van der Waals surface area contributed by atoms with Gasteiger partial charge in [-0.1, -0.05) is 15.9 Å². The van der Waals surface area contributed by atoms with Crippen LogP contribution in [0.3, 0.4) is 0 Å². The summed E-state index contributed by atoms with van der Waals surface area (Å²) in [4.78, 5) is 18.0. The van der Waals surface area contributed by atoms with Crippen molar-refractivity contribution in [2.75, 3.05) is 16.8 Å². The maximum atomic E-state index is 11.9. The van der Waals surface area contributed by atoms with E-state index in [-0.39, 0.29) is 5.91 Å². The van der Waals surface area contributed by atoms with E-state index in [1.165, 1.54) is 0 Å². The number of anilines is 1. The number of nitrogens with zero attached hydrogens (tertiary/aromatic N) is 2. The summed E-state index contributed by atoms with van der Waals surface area (Å²) in [5.41, 5.74) is 3.83. The van der Waals surface area contributed by atoms with Crippen molar-refractivity contribution in [3.63, 3.8) is 0 Å². The van der Waals surface area contributed by atoms with E-state index >= 15 is 0 Å². The topological polar surface area (TPSA) is 33.2 Å². The lowest BCUT2D eigenvalue weighted by Crippen LogP contribution is -2.24. The summed E-state index contributed by atoms with van der Waals surface area (Å²) in [5, 5.41) is 0.887. The van der Waals surface area contributed by atoms with E-state index in [1.54, 1.807) is 11.3 Å². The number of halogens is 1. The van der Waals surface area contributed by atoms with Gasteiger partial charge in [-0.2, -0.15) is 0 Å². The van der Waals surface area contributed by atoms with E-state index in [9.17, 15) is 4.79 Å². The average molecular weight is 311 g/mol. The normalized spacial score (nSPS) is 20.4. The maximum absolute atomic E-state index is 11.9. The van der Waals surface area contributed by atoms with Gasteiger partial charge in [0.25, 0.3) is 0 Å². The van der Waals surface area contributed by atoms with Crippen LogP contribution in [0, 0.1) is 5.92 Å². The number of thiazole rings is 1. The summed E-state index contributed by atoms with van der Waals surface area (Å²) in [6, 6.07) is 6.02. The van der Waals surface area contributed by atoms with Gasteiger partial charge in [0.1, 0.15) is 0 Å². The molecule has 1 atom stereocenters. The van der Waals surface area contributed by atoms with Crippen molar-refractivity contribution >= 4 is 49.1 Å². The first-order chi connectivity index (χ1) is 8.28. The minimum absolute atomic E-state index is 0.221. The minimum atomic E-state index is 0.221. The van der Waals surface area contributed by atoms with Crippen LogP contribution in [-0.4, -0.2) is 22.8 Å². The molecule has 0 saturated carbocycles. The molecule has 2 aromatic rings. The minimum Gasteiger partial charge on any atom is -0.312 e. The predicted octanol–water partition coefficient (Wildman–Crippen LogP) is 3.04. The molecular formula is C12H11BrN2OS. The molecule has 1 aliphatic heterocycles. The van der Waals surface area contributed by atoms with E-state index in [2.05, 4.69) is 27.0 Å². The lowest BCUT2D eigenvalue weighted by Gasteiger charge is -2.16. The van der Waals surface area contributed by atoms with Gasteiger partial charge in [0.15, 0.2) is 0 Å². The monoisotopic (exact) mass is 310 g/mol. The number of amides is 1. The molecule has 0 bridgehead atoms. The molecule has 1 unspecified atom stereocenters.